The molecule has 4 nitrogen and oxygen atoms in total. The van der Waals surface area contributed by atoms with Crippen LogP contribution >= 0.6 is 0 Å². The van der Waals surface area contributed by atoms with Gasteiger partial charge in [-0.25, -0.2) is 4.39 Å². The molecule has 0 amide bonds. The highest BCUT2D eigenvalue weighted by atomic mass is 19.1. The van der Waals surface area contributed by atoms with Gasteiger partial charge in [0, 0.05) is 5.56 Å². The molecule has 16 heavy (non-hydrogen) atoms. The lowest BCUT2D eigenvalue weighted by molar-refractivity contribution is 0.432. The molecule has 2 aromatic rings. The molecule has 1 aromatic carbocycles. The number of aryl methyl sites for hydroxylation is 1. The largest absolute Gasteiger partial charge is 0.504 e. The average Bonchev–Trinajstić information content (AvgIpc) is 2.68. The van der Waals surface area contributed by atoms with Gasteiger partial charge in [0.05, 0.1) is 11.8 Å². The summed E-state index contributed by atoms with van der Waals surface area (Å²) in [7, 11) is 0. The smallest absolute Gasteiger partial charge is 0.230 e. The van der Waals surface area contributed by atoms with Crippen molar-refractivity contribution in [3.8, 4) is 16.9 Å². The summed E-state index contributed by atoms with van der Waals surface area (Å²) in [5.74, 6) is -1.05. The van der Waals surface area contributed by atoms with E-state index in [-0.39, 0.29) is 5.88 Å². The molecule has 0 saturated carbocycles. The molecule has 0 aliphatic heterocycles. The minimum atomic E-state index is -0.671. The Morgan fingerprint density at radius 2 is 2.19 bits per heavy atom. The maximum absolute atomic E-state index is 13.4. The minimum Gasteiger partial charge on any atom is -0.504 e. The number of hydrogen-bond acceptors (Lipinski definition) is 4. The van der Waals surface area contributed by atoms with Crippen LogP contribution in [0.3, 0.4) is 0 Å². The molecule has 0 aliphatic rings. The molecule has 0 spiro atoms. The van der Waals surface area contributed by atoms with E-state index in [1.807, 2.05) is 6.92 Å². The van der Waals surface area contributed by atoms with Gasteiger partial charge in [0.15, 0.2) is 11.6 Å². The SMILES string of the molecule is CCc1cc(F)c(O)c(-c2cnoc2N)c1. The molecule has 0 radical (unpaired) electrons. The number of phenolic OH excluding ortho intramolecular Hbond substituents is 1. The molecule has 3 N–H and O–H groups in total. The van der Waals surface area contributed by atoms with Crippen LogP contribution in [0.15, 0.2) is 22.9 Å². The molecule has 0 atom stereocenters. The second-order valence-corrected chi connectivity index (χ2v) is 3.43. The normalized spacial score (nSPS) is 10.6. The number of nitrogens with two attached hydrogens (primary N) is 1. The summed E-state index contributed by atoms with van der Waals surface area (Å²) in [6, 6.07) is 2.96. The van der Waals surface area contributed by atoms with Crippen LogP contribution in [0.2, 0.25) is 0 Å². The van der Waals surface area contributed by atoms with Crippen molar-refractivity contribution in [2.45, 2.75) is 13.3 Å². The molecule has 5 heteroatoms. The van der Waals surface area contributed by atoms with Crippen molar-refractivity contribution >= 4 is 5.88 Å². The predicted octanol–water partition coefficient (Wildman–Crippen LogP) is 2.33. The first-order valence-electron chi connectivity index (χ1n) is 4.85. The van der Waals surface area contributed by atoms with Crippen LogP contribution in [-0.4, -0.2) is 10.3 Å². The Morgan fingerprint density at radius 1 is 1.44 bits per heavy atom. The monoisotopic (exact) mass is 222 g/mol. The Morgan fingerprint density at radius 3 is 2.75 bits per heavy atom. The fourth-order valence-electron chi connectivity index (χ4n) is 1.52. The Hall–Kier alpha value is -2.04. The van der Waals surface area contributed by atoms with E-state index in [1.54, 1.807) is 6.07 Å². The molecule has 0 bridgehead atoms. The second kappa shape index (κ2) is 3.84. The lowest BCUT2D eigenvalue weighted by Gasteiger charge is -2.06. The van der Waals surface area contributed by atoms with Crippen molar-refractivity contribution in [1.29, 1.82) is 0 Å². The van der Waals surface area contributed by atoms with Crippen molar-refractivity contribution in [1.82, 2.24) is 5.16 Å². The van der Waals surface area contributed by atoms with Gasteiger partial charge in [-0.05, 0) is 24.1 Å². The minimum absolute atomic E-state index is 0.0583. The van der Waals surface area contributed by atoms with Crippen LogP contribution in [0.5, 0.6) is 5.75 Å². The molecule has 0 unspecified atom stereocenters. The first-order valence-corrected chi connectivity index (χ1v) is 4.85. The highest BCUT2D eigenvalue weighted by Gasteiger charge is 2.15. The molecule has 1 aromatic heterocycles. The summed E-state index contributed by atoms with van der Waals surface area (Å²) >= 11 is 0. The number of nitrogens with zero attached hydrogens (tertiary/aromatic N) is 1. The zero-order chi connectivity index (χ0) is 11.7. The fourth-order valence-corrected chi connectivity index (χ4v) is 1.52. The molecule has 0 saturated heterocycles. The van der Waals surface area contributed by atoms with Crippen LogP contribution in [0.1, 0.15) is 12.5 Å². The second-order valence-electron chi connectivity index (χ2n) is 3.43. The Labute approximate surface area is 91.5 Å². The molecular weight excluding hydrogens is 211 g/mol. The third-order valence-corrected chi connectivity index (χ3v) is 2.42. The lowest BCUT2D eigenvalue weighted by Crippen LogP contribution is -1.90. The Bertz CT molecular complexity index is 523. The van der Waals surface area contributed by atoms with Gasteiger partial charge in [0.1, 0.15) is 0 Å². The number of nitrogen functional groups attached to an aromatic ring is 1. The van der Waals surface area contributed by atoms with Crippen LogP contribution in [-0.2, 0) is 6.42 Å². The quantitative estimate of drug-likeness (QED) is 0.817. The topological polar surface area (TPSA) is 72.3 Å². The van der Waals surface area contributed by atoms with Crippen molar-refractivity contribution < 1.29 is 14.0 Å². The van der Waals surface area contributed by atoms with Crippen LogP contribution in [0.25, 0.3) is 11.1 Å². The molecule has 1 heterocycles. The summed E-state index contributed by atoms with van der Waals surface area (Å²) in [5, 5.41) is 13.1. The zero-order valence-electron chi connectivity index (χ0n) is 8.70. The van der Waals surface area contributed by atoms with Crippen molar-refractivity contribution in [2.24, 2.45) is 0 Å². The van der Waals surface area contributed by atoms with E-state index >= 15 is 0 Å². The van der Waals surface area contributed by atoms with Crippen LogP contribution in [0.4, 0.5) is 10.3 Å². The van der Waals surface area contributed by atoms with Gasteiger partial charge in [-0.1, -0.05) is 12.1 Å². The highest BCUT2D eigenvalue weighted by Crippen LogP contribution is 2.35. The van der Waals surface area contributed by atoms with Crippen molar-refractivity contribution in [2.75, 3.05) is 5.73 Å². The third kappa shape index (κ3) is 1.60. The van der Waals surface area contributed by atoms with E-state index in [2.05, 4.69) is 9.68 Å². The fraction of sp³-hybridized carbons (Fsp3) is 0.182. The molecule has 0 aliphatic carbocycles. The first kappa shape index (κ1) is 10.5. The van der Waals surface area contributed by atoms with Crippen molar-refractivity contribution in [3.63, 3.8) is 0 Å². The summed E-state index contributed by atoms with van der Waals surface area (Å²) in [5.41, 5.74) is 6.99. The number of hydrogen-bond donors (Lipinski definition) is 2. The van der Waals surface area contributed by atoms with E-state index in [0.717, 1.165) is 5.56 Å². The summed E-state index contributed by atoms with van der Waals surface area (Å²) in [4.78, 5) is 0. The van der Waals surface area contributed by atoms with Gasteiger partial charge in [-0.2, -0.15) is 0 Å². The summed E-state index contributed by atoms with van der Waals surface area (Å²) in [6.07, 6.45) is 2.01. The average molecular weight is 222 g/mol. The Balaban J connectivity index is 2.64. The van der Waals surface area contributed by atoms with E-state index in [1.165, 1.54) is 12.3 Å². The molecule has 0 fully saturated rings. The third-order valence-electron chi connectivity index (χ3n) is 2.42. The maximum Gasteiger partial charge on any atom is 0.230 e. The molecule has 84 valence electrons. The van der Waals surface area contributed by atoms with E-state index in [9.17, 15) is 9.50 Å². The van der Waals surface area contributed by atoms with E-state index < -0.39 is 11.6 Å². The standard InChI is InChI=1S/C11H11FN2O2/c1-2-6-3-7(10(15)9(12)4-6)8-5-14-16-11(8)13/h3-5,15H,2,13H2,1H3. The highest BCUT2D eigenvalue weighted by molar-refractivity contribution is 5.77. The van der Waals surface area contributed by atoms with Crippen LogP contribution in [0, 0.1) is 5.82 Å². The predicted molar refractivity (Wildman–Crippen MR) is 57.4 cm³/mol. The number of anilines is 1. The van der Waals surface area contributed by atoms with E-state index in [4.69, 9.17) is 5.73 Å². The first-order chi connectivity index (χ1) is 7.63. The van der Waals surface area contributed by atoms with Gasteiger partial charge >= 0.3 is 0 Å². The number of halogens is 1. The number of aromatic hydroxyl groups is 1. The zero-order valence-corrected chi connectivity index (χ0v) is 8.70. The summed E-state index contributed by atoms with van der Waals surface area (Å²) < 4.78 is 18.1. The van der Waals surface area contributed by atoms with Gasteiger partial charge < -0.3 is 15.4 Å². The van der Waals surface area contributed by atoms with Crippen LogP contribution < -0.4 is 5.73 Å². The number of benzene rings is 1. The Kier molecular flexibility index (Phi) is 2.52. The van der Waals surface area contributed by atoms with Gasteiger partial charge in [-0.15, -0.1) is 0 Å². The number of phenols is 1. The molecule has 2 rings (SSSR count). The lowest BCUT2D eigenvalue weighted by atomic mass is 10.0. The van der Waals surface area contributed by atoms with E-state index in [0.29, 0.717) is 17.5 Å². The van der Waals surface area contributed by atoms with Gasteiger partial charge in [-0.3, -0.25) is 0 Å². The van der Waals surface area contributed by atoms with Gasteiger partial charge in [0.25, 0.3) is 0 Å². The molecular formula is C11H11FN2O2. The summed E-state index contributed by atoms with van der Waals surface area (Å²) in [6.45, 7) is 1.90. The van der Waals surface area contributed by atoms with Gasteiger partial charge in [0.2, 0.25) is 5.88 Å². The maximum atomic E-state index is 13.4. The van der Waals surface area contributed by atoms with Crippen molar-refractivity contribution in [3.05, 3.63) is 29.7 Å². The number of aromatic nitrogens is 1. The number of rotatable bonds is 2.